The largest absolute Gasteiger partial charge is 0.413 e. The van der Waals surface area contributed by atoms with E-state index in [2.05, 4.69) is 134 Å². The molecule has 0 N–H and O–H groups in total. The zero-order valence-corrected chi connectivity index (χ0v) is 31.7. The smallest absolute Gasteiger partial charge is 0.261 e. The fourth-order valence-electron chi connectivity index (χ4n) is 6.04. The Labute approximate surface area is 276 Å². The second kappa shape index (κ2) is 15.5. The summed E-state index contributed by atoms with van der Waals surface area (Å²) in [5.41, 5.74) is 1.10. The van der Waals surface area contributed by atoms with E-state index >= 15 is 0 Å². The number of carbonyl (C=O) groups is 1. The molecule has 246 valence electrons. The lowest BCUT2D eigenvalue weighted by Gasteiger charge is -2.45. The maximum Gasteiger partial charge on any atom is 0.261 e. The number of Topliss-reactive ketones (excluding diaryl/α,β-unsaturated/α-hetero) is 1. The van der Waals surface area contributed by atoms with E-state index in [-0.39, 0.29) is 39.9 Å². The first-order valence-corrected chi connectivity index (χ1v) is 21.4. The van der Waals surface area contributed by atoms with E-state index in [1.165, 1.54) is 10.4 Å². The molecule has 4 atom stereocenters. The molecule has 0 aliphatic rings. The van der Waals surface area contributed by atoms with Crippen molar-refractivity contribution in [1.82, 2.24) is 0 Å². The molecule has 0 aliphatic heterocycles. The van der Waals surface area contributed by atoms with Crippen LogP contribution in [0.25, 0.3) is 0 Å². The molecule has 45 heavy (non-hydrogen) atoms. The molecule has 4 nitrogen and oxygen atoms in total. The lowest BCUT2D eigenvalue weighted by molar-refractivity contribution is -0.130. The SMILES string of the molecule is CC(=O)[C@@H](C)[C@@H](OCc1ccccc1)[C@H](C)[C@@H](CCO[Si](c1ccccc1)(c1ccccc1)C(C)(C)C)O[Si](C)(C)C(C)(C)C. The van der Waals surface area contributed by atoms with Gasteiger partial charge in [-0.05, 0) is 52.5 Å². The highest BCUT2D eigenvalue weighted by Gasteiger charge is 2.50. The van der Waals surface area contributed by atoms with Gasteiger partial charge in [-0.1, -0.05) is 146 Å². The van der Waals surface area contributed by atoms with Gasteiger partial charge in [-0.3, -0.25) is 4.79 Å². The number of carbonyl (C=O) groups excluding carboxylic acids is 1. The van der Waals surface area contributed by atoms with Crippen LogP contribution in [0.2, 0.25) is 23.2 Å². The second-order valence-corrected chi connectivity index (χ2v) is 24.3. The van der Waals surface area contributed by atoms with Crippen LogP contribution < -0.4 is 10.4 Å². The number of rotatable bonds is 15. The molecule has 0 radical (unpaired) electrons. The molecule has 3 aromatic carbocycles. The predicted molar refractivity (Wildman–Crippen MR) is 194 cm³/mol. The molecule has 0 amide bonds. The van der Waals surface area contributed by atoms with Gasteiger partial charge in [0.1, 0.15) is 5.78 Å². The summed E-state index contributed by atoms with van der Waals surface area (Å²) in [7, 11) is -4.87. The van der Waals surface area contributed by atoms with Gasteiger partial charge in [0.25, 0.3) is 8.32 Å². The van der Waals surface area contributed by atoms with Crippen LogP contribution in [0, 0.1) is 11.8 Å². The molecule has 0 saturated heterocycles. The maximum absolute atomic E-state index is 12.8. The van der Waals surface area contributed by atoms with Gasteiger partial charge in [-0.15, -0.1) is 0 Å². The monoisotopic (exact) mass is 646 g/mol. The van der Waals surface area contributed by atoms with Crippen molar-refractivity contribution in [2.45, 2.75) is 111 Å². The maximum atomic E-state index is 12.8. The van der Waals surface area contributed by atoms with Gasteiger partial charge in [0.2, 0.25) is 0 Å². The van der Waals surface area contributed by atoms with E-state index in [1.807, 2.05) is 25.1 Å². The van der Waals surface area contributed by atoms with Crippen molar-refractivity contribution < 1.29 is 18.4 Å². The number of benzene rings is 3. The van der Waals surface area contributed by atoms with Crippen molar-refractivity contribution in [2.24, 2.45) is 11.8 Å². The van der Waals surface area contributed by atoms with Crippen molar-refractivity contribution >= 4 is 32.8 Å². The number of ether oxygens (including phenoxy) is 1. The zero-order valence-electron chi connectivity index (χ0n) is 29.7. The Balaban J connectivity index is 2.00. The molecule has 6 heteroatoms. The first kappa shape index (κ1) is 37.1. The molecule has 0 saturated carbocycles. The summed E-state index contributed by atoms with van der Waals surface area (Å²) in [6.45, 7) is 25.3. The van der Waals surface area contributed by atoms with Crippen molar-refractivity contribution in [3.63, 3.8) is 0 Å². The minimum absolute atomic E-state index is 0.0236. The van der Waals surface area contributed by atoms with Gasteiger partial charge >= 0.3 is 0 Å². The third-order valence-electron chi connectivity index (χ3n) is 9.91. The van der Waals surface area contributed by atoms with Crippen molar-refractivity contribution in [3.8, 4) is 0 Å². The van der Waals surface area contributed by atoms with Crippen LogP contribution in [0.3, 0.4) is 0 Å². The van der Waals surface area contributed by atoms with Gasteiger partial charge in [0.15, 0.2) is 8.32 Å². The summed E-state index contributed by atoms with van der Waals surface area (Å²) in [5, 5.41) is 2.47. The summed E-state index contributed by atoms with van der Waals surface area (Å²) < 4.78 is 21.2. The Morgan fingerprint density at radius 1 is 0.733 bits per heavy atom. The summed E-state index contributed by atoms with van der Waals surface area (Å²) in [6, 6.07) is 31.8. The van der Waals surface area contributed by atoms with Gasteiger partial charge in [0.05, 0.1) is 18.8 Å². The van der Waals surface area contributed by atoms with E-state index in [0.717, 1.165) is 5.56 Å². The minimum Gasteiger partial charge on any atom is -0.413 e. The van der Waals surface area contributed by atoms with Gasteiger partial charge in [0, 0.05) is 18.4 Å². The quantitative estimate of drug-likeness (QED) is 0.155. The number of ketones is 1. The standard InChI is InChI=1S/C39H58O4Si2/c1-30(32(3)40)37(41-29-33-21-15-12-16-22-33)31(2)36(43-44(10,11)38(4,5)6)27-28-42-45(39(7,8)9,34-23-17-13-18-24-34)35-25-19-14-20-26-35/h12-26,30-31,36-37H,27-29H2,1-11H3/t30-,31-,36-,37-/m1/s1. The molecule has 0 aliphatic carbocycles. The molecule has 0 bridgehead atoms. The fourth-order valence-corrected chi connectivity index (χ4v) is 12.1. The van der Waals surface area contributed by atoms with Crippen molar-refractivity contribution in [2.75, 3.05) is 6.61 Å². The van der Waals surface area contributed by atoms with Crippen molar-refractivity contribution in [1.29, 1.82) is 0 Å². The lowest BCUT2D eigenvalue weighted by Crippen LogP contribution is -2.66. The molecule has 0 fully saturated rings. The Hall–Kier alpha value is -2.36. The zero-order chi connectivity index (χ0) is 33.5. The number of hydrogen-bond acceptors (Lipinski definition) is 4. The van der Waals surface area contributed by atoms with Crippen molar-refractivity contribution in [3.05, 3.63) is 96.6 Å². The predicted octanol–water partition coefficient (Wildman–Crippen LogP) is 8.79. The topological polar surface area (TPSA) is 44.8 Å². The van der Waals surface area contributed by atoms with Crippen LogP contribution >= 0.6 is 0 Å². The highest BCUT2D eigenvalue weighted by atomic mass is 28.4. The minimum atomic E-state index is -2.70. The van der Waals surface area contributed by atoms with E-state index in [0.29, 0.717) is 19.6 Å². The summed E-state index contributed by atoms with van der Waals surface area (Å²) in [4.78, 5) is 12.8. The Morgan fingerprint density at radius 2 is 1.20 bits per heavy atom. The average molecular weight is 647 g/mol. The van der Waals surface area contributed by atoms with E-state index in [4.69, 9.17) is 13.6 Å². The number of hydrogen-bond donors (Lipinski definition) is 0. The van der Waals surface area contributed by atoms with E-state index in [1.54, 1.807) is 6.92 Å². The van der Waals surface area contributed by atoms with Gasteiger partial charge < -0.3 is 13.6 Å². The fraction of sp³-hybridized carbons (Fsp3) is 0.513. The Bertz CT molecular complexity index is 1270. The molecule has 3 rings (SSSR count). The first-order valence-electron chi connectivity index (χ1n) is 16.6. The molecule has 0 unspecified atom stereocenters. The van der Waals surface area contributed by atoms with E-state index < -0.39 is 16.6 Å². The normalized spacial score (nSPS) is 15.7. The highest BCUT2D eigenvalue weighted by Crippen LogP contribution is 2.41. The summed E-state index contributed by atoms with van der Waals surface area (Å²) in [5.74, 6) is -0.147. The third-order valence-corrected chi connectivity index (χ3v) is 19.5. The van der Waals surface area contributed by atoms with Crippen LogP contribution in [0.1, 0.15) is 74.3 Å². The average Bonchev–Trinajstić information content (AvgIpc) is 2.98. The van der Waals surface area contributed by atoms with Gasteiger partial charge in [-0.25, -0.2) is 0 Å². The Morgan fingerprint density at radius 3 is 1.62 bits per heavy atom. The van der Waals surface area contributed by atoms with Crippen LogP contribution in [0.4, 0.5) is 0 Å². The van der Waals surface area contributed by atoms with Crippen LogP contribution in [-0.4, -0.2) is 41.2 Å². The van der Waals surface area contributed by atoms with Crippen LogP contribution in [-0.2, 0) is 25.0 Å². The second-order valence-electron chi connectivity index (χ2n) is 15.2. The molecule has 0 aromatic heterocycles. The summed E-state index contributed by atoms with van der Waals surface area (Å²) in [6.07, 6.45) is 0.297. The highest BCUT2D eigenvalue weighted by molar-refractivity contribution is 6.99. The third kappa shape index (κ3) is 9.14. The van der Waals surface area contributed by atoms with Crippen LogP contribution in [0.5, 0.6) is 0 Å². The van der Waals surface area contributed by atoms with Gasteiger partial charge in [-0.2, -0.15) is 0 Å². The molecular weight excluding hydrogens is 589 g/mol. The molecule has 0 spiro atoms. The van der Waals surface area contributed by atoms with Crippen LogP contribution in [0.15, 0.2) is 91.0 Å². The summed E-state index contributed by atoms with van der Waals surface area (Å²) >= 11 is 0. The lowest BCUT2D eigenvalue weighted by atomic mass is 9.86. The Kier molecular flexibility index (Phi) is 12.8. The first-order chi connectivity index (χ1) is 21.0. The molecule has 0 heterocycles. The van der Waals surface area contributed by atoms with E-state index in [9.17, 15) is 4.79 Å². The molecular formula is C39H58O4Si2. The molecule has 3 aromatic rings.